The lowest BCUT2D eigenvalue weighted by molar-refractivity contribution is -0.141. The van der Waals surface area contributed by atoms with E-state index in [1.807, 2.05) is 31.2 Å². The van der Waals surface area contributed by atoms with Gasteiger partial charge in [0, 0.05) is 18.3 Å². The highest BCUT2D eigenvalue weighted by atomic mass is 16.4. The van der Waals surface area contributed by atoms with Crippen LogP contribution in [0.25, 0.3) is 0 Å². The third kappa shape index (κ3) is 2.53. The van der Waals surface area contributed by atoms with Crippen LogP contribution in [0.4, 0.5) is 5.69 Å². The average Bonchev–Trinajstić information content (AvgIpc) is 2.91. The van der Waals surface area contributed by atoms with Gasteiger partial charge in [0.2, 0.25) is 5.91 Å². The number of hydrogen-bond acceptors (Lipinski definition) is 3. The Kier molecular flexibility index (Phi) is 3.68. The van der Waals surface area contributed by atoms with Crippen molar-refractivity contribution in [2.24, 2.45) is 11.8 Å². The van der Waals surface area contributed by atoms with E-state index in [4.69, 9.17) is 0 Å². The standard InChI is InChI=1S/C16H20N2O3/c1-10-13(6-7-17-10)15(19)18-9-12(16(20)21)8-11-4-2-3-5-14(11)18/h2-5,10,12-13,17H,6-9H2,1H3,(H,20,21). The first-order valence-electron chi connectivity index (χ1n) is 7.43. The maximum absolute atomic E-state index is 12.8. The number of fused-ring (bicyclic) bond motifs is 1. The van der Waals surface area contributed by atoms with Crippen LogP contribution in [0.15, 0.2) is 24.3 Å². The zero-order chi connectivity index (χ0) is 15.0. The second kappa shape index (κ2) is 5.48. The molecule has 5 nitrogen and oxygen atoms in total. The zero-order valence-corrected chi connectivity index (χ0v) is 12.1. The minimum absolute atomic E-state index is 0.0471. The Labute approximate surface area is 123 Å². The molecule has 21 heavy (non-hydrogen) atoms. The second-order valence-corrected chi connectivity index (χ2v) is 5.95. The molecule has 112 valence electrons. The van der Waals surface area contributed by atoms with Crippen molar-refractivity contribution in [3.05, 3.63) is 29.8 Å². The van der Waals surface area contributed by atoms with Gasteiger partial charge >= 0.3 is 5.97 Å². The van der Waals surface area contributed by atoms with Gasteiger partial charge in [-0.2, -0.15) is 0 Å². The van der Waals surface area contributed by atoms with Crippen LogP contribution in [-0.2, 0) is 16.0 Å². The van der Waals surface area contributed by atoms with E-state index >= 15 is 0 Å². The molecule has 3 atom stereocenters. The van der Waals surface area contributed by atoms with Crippen molar-refractivity contribution in [1.82, 2.24) is 5.32 Å². The van der Waals surface area contributed by atoms with E-state index in [-0.39, 0.29) is 24.4 Å². The Morgan fingerprint density at radius 2 is 2.10 bits per heavy atom. The topological polar surface area (TPSA) is 69.6 Å². The van der Waals surface area contributed by atoms with Crippen LogP contribution in [0.3, 0.4) is 0 Å². The summed E-state index contributed by atoms with van der Waals surface area (Å²) in [4.78, 5) is 25.9. The Morgan fingerprint density at radius 3 is 2.76 bits per heavy atom. The van der Waals surface area contributed by atoms with E-state index in [0.717, 1.165) is 24.2 Å². The van der Waals surface area contributed by atoms with E-state index < -0.39 is 11.9 Å². The van der Waals surface area contributed by atoms with Crippen LogP contribution in [-0.4, -0.2) is 36.1 Å². The van der Waals surface area contributed by atoms with E-state index in [1.54, 1.807) is 4.90 Å². The van der Waals surface area contributed by atoms with Gasteiger partial charge in [-0.25, -0.2) is 0 Å². The van der Waals surface area contributed by atoms with Gasteiger partial charge in [-0.05, 0) is 37.9 Å². The first-order chi connectivity index (χ1) is 10.1. The fourth-order valence-electron chi connectivity index (χ4n) is 3.37. The monoisotopic (exact) mass is 288 g/mol. The van der Waals surface area contributed by atoms with Gasteiger partial charge in [0.15, 0.2) is 0 Å². The second-order valence-electron chi connectivity index (χ2n) is 5.95. The Bertz CT molecular complexity index is 572. The third-order valence-corrected chi connectivity index (χ3v) is 4.61. The number of para-hydroxylation sites is 1. The van der Waals surface area contributed by atoms with Crippen molar-refractivity contribution in [3.8, 4) is 0 Å². The molecule has 0 bridgehead atoms. The minimum Gasteiger partial charge on any atom is -0.481 e. The highest BCUT2D eigenvalue weighted by molar-refractivity contribution is 5.97. The van der Waals surface area contributed by atoms with Gasteiger partial charge in [0.05, 0.1) is 11.8 Å². The minimum atomic E-state index is -0.833. The smallest absolute Gasteiger partial charge is 0.308 e. The number of hydrogen-bond donors (Lipinski definition) is 2. The van der Waals surface area contributed by atoms with Crippen molar-refractivity contribution in [2.45, 2.75) is 25.8 Å². The normalized spacial score (nSPS) is 28.2. The number of anilines is 1. The molecule has 2 heterocycles. The largest absolute Gasteiger partial charge is 0.481 e. The Hall–Kier alpha value is -1.88. The molecule has 1 saturated heterocycles. The highest BCUT2D eigenvalue weighted by Gasteiger charge is 2.38. The summed E-state index contributed by atoms with van der Waals surface area (Å²) in [6, 6.07) is 7.77. The number of rotatable bonds is 2. The number of benzene rings is 1. The fourth-order valence-corrected chi connectivity index (χ4v) is 3.37. The van der Waals surface area contributed by atoms with Gasteiger partial charge in [0.25, 0.3) is 0 Å². The molecule has 3 rings (SSSR count). The number of nitrogens with one attached hydrogen (secondary N) is 1. The quantitative estimate of drug-likeness (QED) is 0.860. The van der Waals surface area contributed by atoms with Crippen LogP contribution in [0.1, 0.15) is 18.9 Å². The van der Waals surface area contributed by atoms with Crippen molar-refractivity contribution >= 4 is 17.6 Å². The molecule has 0 aromatic heterocycles. The molecular formula is C16H20N2O3. The first-order valence-corrected chi connectivity index (χ1v) is 7.43. The number of aliphatic carboxylic acids is 1. The molecule has 0 saturated carbocycles. The number of carbonyl (C=O) groups excluding carboxylic acids is 1. The van der Waals surface area contributed by atoms with Crippen LogP contribution in [0.2, 0.25) is 0 Å². The zero-order valence-electron chi connectivity index (χ0n) is 12.1. The van der Waals surface area contributed by atoms with Crippen molar-refractivity contribution in [3.63, 3.8) is 0 Å². The summed E-state index contributed by atoms with van der Waals surface area (Å²) in [5, 5.41) is 12.6. The highest BCUT2D eigenvalue weighted by Crippen LogP contribution is 2.32. The van der Waals surface area contributed by atoms with E-state index in [2.05, 4.69) is 5.32 Å². The Balaban J connectivity index is 1.92. The van der Waals surface area contributed by atoms with E-state index in [9.17, 15) is 14.7 Å². The number of nitrogens with zero attached hydrogens (tertiary/aromatic N) is 1. The molecule has 0 spiro atoms. The third-order valence-electron chi connectivity index (χ3n) is 4.61. The van der Waals surface area contributed by atoms with E-state index in [0.29, 0.717) is 6.42 Å². The lowest BCUT2D eigenvalue weighted by Crippen LogP contribution is -2.47. The van der Waals surface area contributed by atoms with Gasteiger partial charge in [-0.1, -0.05) is 18.2 Å². The van der Waals surface area contributed by atoms with Gasteiger partial charge < -0.3 is 15.3 Å². The molecular weight excluding hydrogens is 268 g/mol. The molecule has 1 amide bonds. The van der Waals surface area contributed by atoms with Crippen LogP contribution in [0.5, 0.6) is 0 Å². The maximum atomic E-state index is 12.8. The predicted octanol–water partition coefficient (Wildman–Crippen LogP) is 1.27. The summed E-state index contributed by atoms with van der Waals surface area (Å²) in [5.74, 6) is -1.37. The fraction of sp³-hybridized carbons (Fsp3) is 0.500. The molecule has 1 aromatic rings. The van der Waals surface area contributed by atoms with Crippen LogP contribution >= 0.6 is 0 Å². The molecule has 2 aliphatic heterocycles. The van der Waals surface area contributed by atoms with Crippen molar-refractivity contribution < 1.29 is 14.7 Å². The summed E-state index contributed by atoms with van der Waals surface area (Å²) >= 11 is 0. The molecule has 3 unspecified atom stereocenters. The molecule has 2 N–H and O–H groups in total. The van der Waals surface area contributed by atoms with Gasteiger partial charge in [-0.15, -0.1) is 0 Å². The maximum Gasteiger partial charge on any atom is 0.308 e. The number of carboxylic acid groups (broad SMARTS) is 1. The molecule has 1 fully saturated rings. The lowest BCUT2D eigenvalue weighted by Gasteiger charge is -2.35. The molecule has 2 aliphatic rings. The van der Waals surface area contributed by atoms with Crippen molar-refractivity contribution in [2.75, 3.05) is 18.0 Å². The summed E-state index contributed by atoms with van der Waals surface area (Å²) in [6.45, 7) is 3.13. The Morgan fingerprint density at radius 1 is 1.33 bits per heavy atom. The van der Waals surface area contributed by atoms with Gasteiger partial charge in [0.1, 0.15) is 0 Å². The molecule has 1 aromatic carbocycles. The first kappa shape index (κ1) is 14.1. The number of amides is 1. The van der Waals surface area contributed by atoms with Gasteiger partial charge in [-0.3, -0.25) is 9.59 Å². The molecule has 0 radical (unpaired) electrons. The van der Waals surface area contributed by atoms with Crippen LogP contribution in [0, 0.1) is 11.8 Å². The predicted molar refractivity (Wildman–Crippen MR) is 79.2 cm³/mol. The number of carboxylic acids is 1. The SMILES string of the molecule is CC1NCCC1C(=O)N1CC(C(=O)O)Cc2ccccc21. The number of carbonyl (C=O) groups is 2. The van der Waals surface area contributed by atoms with Crippen molar-refractivity contribution in [1.29, 1.82) is 0 Å². The molecule has 0 aliphatic carbocycles. The summed E-state index contributed by atoms with van der Waals surface area (Å²) in [6.07, 6.45) is 1.31. The average molecular weight is 288 g/mol. The van der Waals surface area contributed by atoms with E-state index in [1.165, 1.54) is 0 Å². The van der Waals surface area contributed by atoms with Crippen LogP contribution < -0.4 is 10.2 Å². The lowest BCUT2D eigenvalue weighted by atomic mass is 9.90. The summed E-state index contributed by atoms with van der Waals surface area (Å²) < 4.78 is 0. The summed E-state index contributed by atoms with van der Waals surface area (Å²) in [7, 11) is 0. The molecule has 5 heteroatoms. The summed E-state index contributed by atoms with van der Waals surface area (Å²) in [5.41, 5.74) is 1.82.